The number of para-hydroxylation sites is 1. The molecule has 0 spiro atoms. The molecule has 0 fully saturated rings. The average Bonchev–Trinajstić information content (AvgIpc) is 2.63. The van der Waals surface area contributed by atoms with E-state index in [1.54, 1.807) is 18.2 Å². The van der Waals surface area contributed by atoms with Gasteiger partial charge in [0.25, 0.3) is 5.91 Å². The predicted octanol–water partition coefficient (Wildman–Crippen LogP) is 3.62. The van der Waals surface area contributed by atoms with Gasteiger partial charge in [-0.05, 0) is 29.8 Å². The molecule has 0 aliphatic rings. The summed E-state index contributed by atoms with van der Waals surface area (Å²) in [6, 6.07) is 11.9. The van der Waals surface area contributed by atoms with Gasteiger partial charge >= 0.3 is 0 Å². The van der Waals surface area contributed by atoms with Crippen molar-refractivity contribution in [1.82, 2.24) is 9.97 Å². The molecule has 0 aliphatic carbocycles. The summed E-state index contributed by atoms with van der Waals surface area (Å²) < 4.78 is 26.4. The average molecular weight is 340 g/mol. The second-order valence-electron chi connectivity index (χ2n) is 5.20. The molecular weight excluding hydrogens is 326 g/mol. The molecule has 2 N–H and O–H groups in total. The third-order valence-corrected chi connectivity index (χ3v) is 3.39. The number of halogens is 2. The molecule has 0 atom stereocenters. The monoisotopic (exact) mass is 340 g/mol. The van der Waals surface area contributed by atoms with Crippen LogP contribution in [0.25, 0.3) is 0 Å². The van der Waals surface area contributed by atoms with Gasteiger partial charge in [0, 0.05) is 6.54 Å². The maximum absolute atomic E-state index is 13.5. The number of hydrogen-bond donors (Lipinski definition) is 2. The van der Waals surface area contributed by atoms with E-state index in [0.717, 1.165) is 5.56 Å². The first kappa shape index (κ1) is 16.5. The molecular formula is C18H14F2N4O. The number of benzene rings is 2. The third kappa shape index (κ3) is 4.35. The van der Waals surface area contributed by atoms with Crippen molar-refractivity contribution in [1.29, 1.82) is 0 Å². The summed E-state index contributed by atoms with van der Waals surface area (Å²) in [7, 11) is 0. The first-order valence-corrected chi connectivity index (χ1v) is 7.48. The summed E-state index contributed by atoms with van der Waals surface area (Å²) in [5.41, 5.74) is 1.02. The van der Waals surface area contributed by atoms with Crippen LogP contribution in [0.2, 0.25) is 0 Å². The van der Waals surface area contributed by atoms with Crippen LogP contribution in [0.5, 0.6) is 0 Å². The van der Waals surface area contributed by atoms with Crippen molar-refractivity contribution in [3.8, 4) is 0 Å². The lowest BCUT2D eigenvalue weighted by Gasteiger charge is -2.07. The topological polar surface area (TPSA) is 66.9 Å². The zero-order chi connectivity index (χ0) is 17.6. The van der Waals surface area contributed by atoms with Gasteiger partial charge in [-0.1, -0.05) is 24.3 Å². The van der Waals surface area contributed by atoms with Crippen molar-refractivity contribution < 1.29 is 13.6 Å². The Bertz CT molecular complexity index is 867. The second kappa shape index (κ2) is 7.48. The van der Waals surface area contributed by atoms with Crippen LogP contribution in [0.3, 0.4) is 0 Å². The van der Waals surface area contributed by atoms with Gasteiger partial charge in [0.2, 0.25) is 0 Å². The number of nitrogens with one attached hydrogen (secondary N) is 2. The van der Waals surface area contributed by atoms with Crippen LogP contribution < -0.4 is 10.6 Å². The third-order valence-electron chi connectivity index (χ3n) is 3.39. The summed E-state index contributed by atoms with van der Waals surface area (Å²) in [5, 5.41) is 5.45. The highest BCUT2D eigenvalue weighted by atomic mass is 19.1. The molecule has 126 valence electrons. The maximum atomic E-state index is 13.5. The highest BCUT2D eigenvalue weighted by Crippen LogP contribution is 2.13. The first-order chi connectivity index (χ1) is 12.1. The Kier molecular flexibility index (Phi) is 4.94. The van der Waals surface area contributed by atoms with Crippen LogP contribution in [0.15, 0.2) is 60.9 Å². The summed E-state index contributed by atoms with van der Waals surface area (Å²) in [4.78, 5) is 20.2. The van der Waals surface area contributed by atoms with E-state index in [1.165, 1.54) is 42.7 Å². The van der Waals surface area contributed by atoms with Crippen molar-refractivity contribution in [2.45, 2.75) is 6.54 Å². The summed E-state index contributed by atoms with van der Waals surface area (Å²) in [5.74, 6) is -0.912. The van der Waals surface area contributed by atoms with Gasteiger partial charge in [-0.3, -0.25) is 4.79 Å². The lowest BCUT2D eigenvalue weighted by Crippen LogP contribution is -2.15. The fourth-order valence-electron chi connectivity index (χ4n) is 2.08. The second-order valence-corrected chi connectivity index (χ2v) is 5.20. The molecule has 0 bridgehead atoms. The molecule has 3 aromatic rings. The number of hydrogen-bond acceptors (Lipinski definition) is 4. The quantitative estimate of drug-likeness (QED) is 0.744. The van der Waals surface area contributed by atoms with Crippen LogP contribution in [0.1, 0.15) is 16.1 Å². The molecule has 1 amide bonds. The Hall–Kier alpha value is -3.35. The van der Waals surface area contributed by atoms with Crippen LogP contribution in [0.4, 0.5) is 20.3 Å². The van der Waals surface area contributed by atoms with Gasteiger partial charge in [0.05, 0.1) is 18.1 Å². The molecule has 25 heavy (non-hydrogen) atoms. The fourth-order valence-corrected chi connectivity index (χ4v) is 2.08. The highest BCUT2D eigenvalue weighted by Gasteiger charge is 2.10. The minimum Gasteiger partial charge on any atom is -0.365 e. The zero-order valence-electron chi connectivity index (χ0n) is 13.0. The van der Waals surface area contributed by atoms with Crippen molar-refractivity contribution in [2.75, 3.05) is 10.6 Å². The molecule has 0 radical (unpaired) electrons. The van der Waals surface area contributed by atoms with E-state index >= 15 is 0 Å². The smallest absolute Gasteiger partial charge is 0.275 e. The Labute approximate surface area is 142 Å². The molecule has 0 saturated carbocycles. The lowest BCUT2D eigenvalue weighted by atomic mass is 10.2. The predicted molar refractivity (Wildman–Crippen MR) is 90.1 cm³/mol. The van der Waals surface area contributed by atoms with Gasteiger partial charge in [-0.2, -0.15) is 0 Å². The van der Waals surface area contributed by atoms with Gasteiger partial charge in [0.1, 0.15) is 23.1 Å². The number of amides is 1. The minimum absolute atomic E-state index is 0.0654. The maximum Gasteiger partial charge on any atom is 0.275 e. The summed E-state index contributed by atoms with van der Waals surface area (Å²) in [6.07, 6.45) is 2.70. The van der Waals surface area contributed by atoms with E-state index in [4.69, 9.17) is 0 Å². The summed E-state index contributed by atoms with van der Waals surface area (Å²) in [6.45, 7) is 0.440. The summed E-state index contributed by atoms with van der Waals surface area (Å²) >= 11 is 0. The van der Waals surface area contributed by atoms with Crippen LogP contribution in [0, 0.1) is 11.6 Å². The van der Waals surface area contributed by atoms with Crippen molar-refractivity contribution in [3.63, 3.8) is 0 Å². The molecule has 0 aliphatic heterocycles. The molecule has 3 rings (SSSR count). The van der Waals surface area contributed by atoms with Crippen LogP contribution >= 0.6 is 0 Å². The highest BCUT2D eigenvalue weighted by molar-refractivity contribution is 6.02. The first-order valence-electron chi connectivity index (χ1n) is 7.48. The molecule has 1 heterocycles. The number of rotatable bonds is 5. The zero-order valence-corrected chi connectivity index (χ0v) is 13.0. The number of anilines is 2. The van der Waals surface area contributed by atoms with Crippen LogP contribution in [-0.4, -0.2) is 15.9 Å². The SMILES string of the molecule is O=C(Nc1ccccc1F)c1cnc(NCc2ccc(F)cc2)cn1. The molecule has 5 nitrogen and oxygen atoms in total. The molecule has 1 aromatic heterocycles. The Balaban J connectivity index is 1.60. The Morgan fingerprint density at radius 3 is 2.40 bits per heavy atom. The lowest BCUT2D eigenvalue weighted by molar-refractivity contribution is 0.102. The van der Waals surface area contributed by atoms with E-state index < -0.39 is 11.7 Å². The van der Waals surface area contributed by atoms with Gasteiger partial charge < -0.3 is 10.6 Å². The molecule has 0 saturated heterocycles. The Morgan fingerprint density at radius 1 is 0.960 bits per heavy atom. The fraction of sp³-hybridized carbons (Fsp3) is 0.0556. The van der Waals surface area contributed by atoms with E-state index in [-0.39, 0.29) is 17.2 Å². The standard InChI is InChI=1S/C18H14F2N4O/c19-13-7-5-12(6-8-13)9-22-17-11-21-16(10-23-17)18(25)24-15-4-2-1-3-14(15)20/h1-8,10-11H,9H2,(H,22,23)(H,24,25). The van der Waals surface area contributed by atoms with Gasteiger partial charge in [0.15, 0.2) is 0 Å². The van der Waals surface area contributed by atoms with Crippen LogP contribution in [-0.2, 0) is 6.54 Å². The molecule has 0 unspecified atom stereocenters. The number of aromatic nitrogens is 2. The number of nitrogens with zero attached hydrogens (tertiary/aromatic N) is 2. The minimum atomic E-state index is -0.553. The van der Waals surface area contributed by atoms with E-state index in [9.17, 15) is 13.6 Å². The van der Waals surface area contributed by atoms with E-state index in [1.807, 2.05) is 0 Å². The molecule has 7 heteroatoms. The normalized spacial score (nSPS) is 10.3. The van der Waals surface area contributed by atoms with Gasteiger partial charge in [-0.25, -0.2) is 18.7 Å². The van der Waals surface area contributed by atoms with Crippen molar-refractivity contribution >= 4 is 17.4 Å². The Morgan fingerprint density at radius 2 is 1.72 bits per heavy atom. The largest absolute Gasteiger partial charge is 0.365 e. The van der Waals surface area contributed by atoms with Crippen molar-refractivity contribution in [3.05, 3.63) is 83.8 Å². The van der Waals surface area contributed by atoms with E-state index in [0.29, 0.717) is 12.4 Å². The number of carbonyl (C=O) groups excluding carboxylic acids is 1. The van der Waals surface area contributed by atoms with E-state index in [2.05, 4.69) is 20.6 Å². The van der Waals surface area contributed by atoms with Crippen molar-refractivity contribution in [2.24, 2.45) is 0 Å². The number of carbonyl (C=O) groups is 1. The van der Waals surface area contributed by atoms with Gasteiger partial charge in [-0.15, -0.1) is 0 Å². The molecule has 2 aromatic carbocycles.